The predicted octanol–water partition coefficient (Wildman–Crippen LogP) is 3.92. The maximum Gasteiger partial charge on any atom is 0.293 e. The van der Waals surface area contributed by atoms with Gasteiger partial charge in [0, 0.05) is 10.9 Å². The molecule has 1 aromatic heterocycles. The van der Waals surface area contributed by atoms with Crippen LogP contribution in [0.25, 0.3) is 22.1 Å². The fourth-order valence-corrected chi connectivity index (χ4v) is 2.19. The Morgan fingerprint density at radius 2 is 1.89 bits per heavy atom. The third kappa shape index (κ3) is 1.89. The number of benzene rings is 2. The van der Waals surface area contributed by atoms with Crippen LogP contribution in [0.4, 0.5) is 0 Å². The summed E-state index contributed by atoms with van der Waals surface area (Å²) in [6, 6.07) is 15.3. The summed E-state index contributed by atoms with van der Waals surface area (Å²) in [5, 5.41) is 0.939. The van der Waals surface area contributed by atoms with Gasteiger partial charge in [-0.2, -0.15) is 0 Å². The Bertz CT molecular complexity index is 726. The highest BCUT2D eigenvalue weighted by Crippen LogP contribution is 2.39. The third-order valence-corrected chi connectivity index (χ3v) is 3.07. The molecule has 0 fully saturated rings. The minimum Gasteiger partial charge on any atom is -0.468 e. The Hall–Kier alpha value is -2.55. The van der Waals surface area contributed by atoms with Crippen molar-refractivity contribution in [3.05, 3.63) is 54.1 Å². The average Bonchev–Trinajstić information content (AvgIpc) is 2.85. The first-order chi connectivity index (χ1) is 9.33. The van der Waals surface area contributed by atoms with Gasteiger partial charge < -0.3 is 9.15 Å². The Morgan fingerprint density at radius 1 is 1.11 bits per heavy atom. The van der Waals surface area contributed by atoms with Gasteiger partial charge in [-0.05, 0) is 17.7 Å². The fourth-order valence-electron chi connectivity index (χ4n) is 2.19. The first-order valence-electron chi connectivity index (χ1n) is 5.94. The largest absolute Gasteiger partial charge is 0.468 e. The molecular formula is C16H12O3. The Balaban J connectivity index is 2.31. The summed E-state index contributed by atoms with van der Waals surface area (Å²) in [4.78, 5) is 10.8. The lowest BCUT2D eigenvalue weighted by atomic mass is 10.0. The van der Waals surface area contributed by atoms with E-state index in [4.69, 9.17) is 9.15 Å². The maximum absolute atomic E-state index is 10.8. The van der Waals surface area contributed by atoms with Crippen LogP contribution in [0.5, 0.6) is 5.95 Å². The SMILES string of the molecule is COc1oc2cc(C=O)ccc2c1-c1ccccc1. The minimum absolute atomic E-state index is 0.462. The van der Waals surface area contributed by atoms with E-state index < -0.39 is 0 Å². The number of ether oxygens (including phenoxy) is 1. The molecule has 19 heavy (non-hydrogen) atoms. The number of furan rings is 1. The normalized spacial score (nSPS) is 10.6. The molecule has 0 amide bonds. The fraction of sp³-hybridized carbons (Fsp3) is 0.0625. The third-order valence-electron chi connectivity index (χ3n) is 3.07. The van der Waals surface area contributed by atoms with Gasteiger partial charge in [0.25, 0.3) is 5.95 Å². The van der Waals surface area contributed by atoms with Crippen LogP contribution in [-0.4, -0.2) is 13.4 Å². The average molecular weight is 252 g/mol. The summed E-state index contributed by atoms with van der Waals surface area (Å²) in [6.45, 7) is 0. The summed E-state index contributed by atoms with van der Waals surface area (Å²) in [6.07, 6.45) is 0.802. The van der Waals surface area contributed by atoms with Crippen molar-refractivity contribution in [2.75, 3.05) is 7.11 Å². The van der Waals surface area contributed by atoms with E-state index in [1.165, 1.54) is 0 Å². The van der Waals surface area contributed by atoms with E-state index in [-0.39, 0.29) is 0 Å². The highest BCUT2D eigenvalue weighted by Gasteiger charge is 2.16. The van der Waals surface area contributed by atoms with Crippen molar-refractivity contribution in [1.29, 1.82) is 0 Å². The van der Waals surface area contributed by atoms with Crippen molar-refractivity contribution < 1.29 is 13.9 Å². The second-order valence-electron chi connectivity index (χ2n) is 4.21. The monoisotopic (exact) mass is 252 g/mol. The lowest BCUT2D eigenvalue weighted by molar-refractivity contribution is 0.112. The van der Waals surface area contributed by atoms with Gasteiger partial charge in [-0.15, -0.1) is 0 Å². The molecular weight excluding hydrogens is 240 g/mol. The molecule has 3 aromatic rings. The van der Waals surface area contributed by atoms with E-state index in [0.717, 1.165) is 22.8 Å². The van der Waals surface area contributed by atoms with Gasteiger partial charge in [0.1, 0.15) is 11.9 Å². The van der Waals surface area contributed by atoms with Crippen molar-refractivity contribution in [2.45, 2.75) is 0 Å². The zero-order chi connectivity index (χ0) is 13.2. The molecule has 3 nitrogen and oxygen atoms in total. The second kappa shape index (κ2) is 4.61. The maximum atomic E-state index is 10.8. The van der Waals surface area contributed by atoms with Crippen LogP contribution in [-0.2, 0) is 0 Å². The molecule has 0 aliphatic carbocycles. The zero-order valence-electron chi connectivity index (χ0n) is 10.4. The molecule has 3 heteroatoms. The second-order valence-corrected chi connectivity index (χ2v) is 4.21. The van der Waals surface area contributed by atoms with Crippen molar-refractivity contribution in [3.8, 4) is 17.1 Å². The smallest absolute Gasteiger partial charge is 0.293 e. The minimum atomic E-state index is 0.462. The van der Waals surface area contributed by atoms with Gasteiger partial charge in [0.2, 0.25) is 0 Å². The van der Waals surface area contributed by atoms with Crippen LogP contribution in [0.15, 0.2) is 52.9 Å². The molecule has 0 atom stereocenters. The van der Waals surface area contributed by atoms with E-state index in [9.17, 15) is 4.79 Å². The van der Waals surface area contributed by atoms with Gasteiger partial charge in [-0.1, -0.05) is 36.4 Å². The number of carbonyl (C=O) groups is 1. The number of fused-ring (bicyclic) bond motifs is 1. The van der Waals surface area contributed by atoms with Crippen molar-refractivity contribution in [3.63, 3.8) is 0 Å². The lowest BCUT2D eigenvalue weighted by Crippen LogP contribution is -1.83. The number of hydrogen-bond acceptors (Lipinski definition) is 3. The number of hydrogen-bond donors (Lipinski definition) is 0. The summed E-state index contributed by atoms with van der Waals surface area (Å²) >= 11 is 0. The summed E-state index contributed by atoms with van der Waals surface area (Å²) in [5.41, 5.74) is 3.18. The highest BCUT2D eigenvalue weighted by atomic mass is 16.6. The molecule has 0 N–H and O–H groups in total. The van der Waals surface area contributed by atoms with E-state index in [2.05, 4.69) is 0 Å². The van der Waals surface area contributed by atoms with Crippen LogP contribution in [0.3, 0.4) is 0 Å². The standard InChI is InChI=1S/C16H12O3/c1-18-16-15(12-5-3-2-4-6-12)13-8-7-11(10-17)9-14(13)19-16/h2-10H,1H3. The number of aldehydes is 1. The van der Waals surface area contributed by atoms with Crippen molar-refractivity contribution in [2.24, 2.45) is 0 Å². The number of methoxy groups -OCH3 is 1. The molecule has 0 radical (unpaired) electrons. The van der Waals surface area contributed by atoms with Gasteiger partial charge in [-0.25, -0.2) is 0 Å². The quantitative estimate of drug-likeness (QED) is 0.663. The van der Waals surface area contributed by atoms with Crippen LogP contribution < -0.4 is 4.74 Å². The van der Waals surface area contributed by atoms with Gasteiger partial charge in [0.05, 0.1) is 12.7 Å². The van der Waals surface area contributed by atoms with Crippen LogP contribution in [0, 0.1) is 0 Å². The van der Waals surface area contributed by atoms with Gasteiger partial charge in [-0.3, -0.25) is 4.79 Å². The summed E-state index contributed by atoms with van der Waals surface area (Å²) in [5.74, 6) is 0.462. The van der Waals surface area contributed by atoms with Crippen molar-refractivity contribution >= 4 is 17.3 Å². The molecule has 0 bridgehead atoms. The lowest BCUT2D eigenvalue weighted by Gasteiger charge is -2.01. The highest BCUT2D eigenvalue weighted by molar-refractivity contribution is 5.99. The zero-order valence-corrected chi connectivity index (χ0v) is 10.4. The molecule has 0 saturated heterocycles. The molecule has 0 aliphatic heterocycles. The molecule has 1 heterocycles. The van der Waals surface area contributed by atoms with E-state index in [1.807, 2.05) is 36.4 Å². The van der Waals surface area contributed by atoms with E-state index in [1.54, 1.807) is 19.2 Å². The first kappa shape index (κ1) is 11.5. The molecule has 0 spiro atoms. The summed E-state index contributed by atoms with van der Waals surface area (Å²) in [7, 11) is 1.57. The molecule has 0 aliphatic rings. The Kier molecular flexibility index (Phi) is 2.80. The molecule has 2 aromatic carbocycles. The number of rotatable bonds is 3. The van der Waals surface area contributed by atoms with Crippen LogP contribution in [0.1, 0.15) is 10.4 Å². The predicted molar refractivity (Wildman–Crippen MR) is 73.6 cm³/mol. The summed E-state index contributed by atoms with van der Waals surface area (Å²) < 4.78 is 11.0. The van der Waals surface area contributed by atoms with Crippen LogP contribution in [0.2, 0.25) is 0 Å². The van der Waals surface area contributed by atoms with Gasteiger partial charge in [0.15, 0.2) is 0 Å². The molecule has 94 valence electrons. The molecule has 0 saturated carbocycles. The first-order valence-corrected chi connectivity index (χ1v) is 5.94. The van der Waals surface area contributed by atoms with E-state index in [0.29, 0.717) is 17.1 Å². The molecule has 3 rings (SSSR count). The topological polar surface area (TPSA) is 39.4 Å². The van der Waals surface area contributed by atoms with E-state index >= 15 is 0 Å². The Labute approximate surface area is 110 Å². The molecule has 0 unspecified atom stereocenters. The van der Waals surface area contributed by atoms with Crippen molar-refractivity contribution in [1.82, 2.24) is 0 Å². The number of carbonyl (C=O) groups excluding carboxylic acids is 1. The van der Waals surface area contributed by atoms with Gasteiger partial charge >= 0.3 is 0 Å². The van der Waals surface area contributed by atoms with Crippen LogP contribution >= 0.6 is 0 Å². The Morgan fingerprint density at radius 3 is 2.58 bits per heavy atom.